The number of alkyl halides is 4. The topological polar surface area (TPSA) is 44.1 Å². The molecule has 2 aromatic carbocycles. The van der Waals surface area contributed by atoms with Crippen molar-refractivity contribution in [3.63, 3.8) is 0 Å². The molecule has 3 aromatic rings. The van der Waals surface area contributed by atoms with Gasteiger partial charge in [0.2, 0.25) is 0 Å². The molecule has 0 amide bonds. The second-order valence-electron chi connectivity index (χ2n) is 7.34. The van der Waals surface area contributed by atoms with Gasteiger partial charge in [-0.1, -0.05) is 60.2 Å². The van der Waals surface area contributed by atoms with Crippen molar-refractivity contribution in [2.75, 3.05) is 0 Å². The lowest BCUT2D eigenvalue weighted by Crippen LogP contribution is -2.24. The zero-order valence-electron chi connectivity index (χ0n) is 17.0. The lowest BCUT2D eigenvalue weighted by Gasteiger charge is -2.24. The maximum atomic E-state index is 13.3. The van der Waals surface area contributed by atoms with Crippen molar-refractivity contribution in [2.24, 2.45) is 0 Å². The Morgan fingerprint density at radius 3 is 2.27 bits per heavy atom. The number of aromatic nitrogens is 2. The molecular formula is C24H17Cl2F3N2O2. The number of rotatable bonds is 6. The summed E-state index contributed by atoms with van der Waals surface area (Å²) >= 11 is 12.5. The highest BCUT2D eigenvalue weighted by molar-refractivity contribution is 6.32. The number of allylic oxidation sites excluding steroid dienone is 4. The third-order valence-electron chi connectivity index (χ3n) is 5.12. The molecule has 4 nitrogen and oxygen atoms in total. The first-order valence-corrected chi connectivity index (χ1v) is 10.7. The van der Waals surface area contributed by atoms with Gasteiger partial charge in [-0.25, -0.2) is 0 Å². The van der Waals surface area contributed by atoms with Crippen LogP contribution in [0.15, 0.2) is 77.9 Å². The van der Waals surface area contributed by atoms with Gasteiger partial charge >= 0.3 is 6.18 Å². The quantitative estimate of drug-likeness (QED) is 0.280. The zero-order chi connectivity index (χ0) is 23.6. The standard InChI is InChI=1S/C24H17Cl2F3N2O2/c25-20-2-1-3-21(26)23(20)31-18(12-22(30-31)24(27,28)29)14-33-19-10-8-17(9-11-19)16-6-4-15(13-32)5-7-16/h1-13,20,23H,14H2. The van der Waals surface area contributed by atoms with E-state index in [2.05, 4.69) is 5.10 Å². The number of aldehydes is 1. The van der Waals surface area contributed by atoms with E-state index < -0.39 is 23.3 Å². The summed E-state index contributed by atoms with van der Waals surface area (Å²) in [6, 6.07) is 14.3. The van der Waals surface area contributed by atoms with Gasteiger partial charge in [0, 0.05) is 10.6 Å². The van der Waals surface area contributed by atoms with Crippen LogP contribution < -0.4 is 4.74 Å². The maximum Gasteiger partial charge on any atom is 0.435 e. The van der Waals surface area contributed by atoms with Gasteiger partial charge in [0.05, 0.1) is 11.1 Å². The Bertz CT molecular complexity index is 1200. The summed E-state index contributed by atoms with van der Waals surface area (Å²) in [6.07, 6.45) is 1.01. The number of carbonyl (C=O) groups is 1. The highest BCUT2D eigenvalue weighted by atomic mass is 35.5. The molecule has 170 valence electrons. The molecule has 0 spiro atoms. The number of ether oxygens (including phenoxy) is 1. The second kappa shape index (κ2) is 9.45. The minimum absolute atomic E-state index is 0.162. The molecule has 0 radical (unpaired) electrons. The lowest BCUT2D eigenvalue weighted by molar-refractivity contribution is -0.141. The maximum absolute atomic E-state index is 13.3. The fraction of sp³-hybridized carbons (Fsp3) is 0.167. The van der Waals surface area contributed by atoms with Crippen LogP contribution in [0.5, 0.6) is 5.75 Å². The van der Waals surface area contributed by atoms with Crippen LogP contribution in [0.3, 0.4) is 0 Å². The average molecular weight is 493 g/mol. The summed E-state index contributed by atoms with van der Waals surface area (Å²) in [5.74, 6) is 0.470. The monoisotopic (exact) mass is 492 g/mol. The summed E-state index contributed by atoms with van der Waals surface area (Å²) in [4.78, 5) is 10.8. The minimum atomic E-state index is -4.62. The number of hydrogen-bond donors (Lipinski definition) is 0. The van der Waals surface area contributed by atoms with Crippen molar-refractivity contribution in [1.29, 1.82) is 0 Å². The molecule has 0 saturated carbocycles. The van der Waals surface area contributed by atoms with E-state index in [0.29, 0.717) is 11.3 Å². The predicted molar refractivity (Wildman–Crippen MR) is 121 cm³/mol. The van der Waals surface area contributed by atoms with E-state index in [9.17, 15) is 18.0 Å². The number of halogens is 5. The van der Waals surface area contributed by atoms with Gasteiger partial charge in [0.25, 0.3) is 0 Å². The van der Waals surface area contributed by atoms with E-state index in [-0.39, 0.29) is 17.3 Å². The summed E-state index contributed by atoms with van der Waals surface area (Å²) in [5, 5.41) is 3.35. The number of carbonyl (C=O) groups excluding carboxylic acids is 1. The molecule has 0 fully saturated rings. The van der Waals surface area contributed by atoms with E-state index in [1.165, 1.54) is 4.68 Å². The van der Waals surface area contributed by atoms with Gasteiger partial charge in [-0.2, -0.15) is 18.3 Å². The van der Waals surface area contributed by atoms with Crippen LogP contribution in [-0.2, 0) is 12.8 Å². The largest absolute Gasteiger partial charge is 0.487 e. The fourth-order valence-electron chi connectivity index (χ4n) is 3.44. The van der Waals surface area contributed by atoms with Gasteiger partial charge in [-0.15, -0.1) is 11.6 Å². The lowest BCUT2D eigenvalue weighted by atomic mass is 10.0. The van der Waals surface area contributed by atoms with Crippen molar-refractivity contribution in [1.82, 2.24) is 9.78 Å². The molecule has 1 aromatic heterocycles. The van der Waals surface area contributed by atoms with Gasteiger partial charge in [-0.05, 0) is 35.4 Å². The zero-order valence-corrected chi connectivity index (χ0v) is 18.5. The molecule has 1 heterocycles. The van der Waals surface area contributed by atoms with Crippen LogP contribution in [0.1, 0.15) is 27.8 Å². The highest BCUT2D eigenvalue weighted by Crippen LogP contribution is 2.36. The Balaban J connectivity index is 1.55. The van der Waals surface area contributed by atoms with Crippen LogP contribution in [0.25, 0.3) is 11.1 Å². The Labute approximate surface area is 197 Å². The Kier molecular flexibility index (Phi) is 6.63. The van der Waals surface area contributed by atoms with Crippen LogP contribution in [0, 0.1) is 0 Å². The molecule has 1 aliphatic carbocycles. The summed E-state index contributed by atoms with van der Waals surface area (Å²) in [5.41, 5.74) is 1.54. The van der Waals surface area contributed by atoms with E-state index in [1.807, 2.05) is 24.3 Å². The van der Waals surface area contributed by atoms with E-state index in [1.54, 1.807) is 42.5 Å². The van der Waals surface area contributed by atoms with Crippen molar-refractivity contribution in [3.8, 4) is 16.9 Å². The molecule has 0 bridgehead atoms. The fourth-order valence-corrected chi connectivity index (χ4v) is 4.13. The van der Waals surface area contributed by atoms with Crippen molar-refractivity contribution >= 4 is 29.5 Å². The van der Waals surface area contributed by atoms with Crippen LogP contribution in [-0.4, -0.2) is 21.4 Å². The van der Waals surface area contributed by atoms with E-state index in [4.69, 9.17) is 27.9 Å². The van der Waals surface area contributed by atoms with E-state index in [0.717, 1.165) is 23.5 Å². The Morgan fingerprint density at radius 1 is 1.06 bits per heavy atom. The van der Waals surface area contributed by atoms with Crippen LogP contribution in [0.4, 0.5) is 13.2 Å². The summed E-state index contributed by atoms with van der Waals surface area (Å²) in [7, 11) is 0. The molecule has 4 rings (SSSR count). The smallest absolute Gasteiger partial charge is 0.435 e. The molecule has 9 heteroatoms. The number of benzene rings is 2. The normalized spacial score (nSPS) is 18.2. The summed E-state index contributed by atoms with van der Waals surface area (Å²) in [6.45, 7) is -0.162. The SMILES string of the molecule is O=Cc1ccc(-c2ccc(OCc3cc(C(F)(F)F)nn3C3C(Cl)=CC=CC3Cl)cc2)cc1. The molecule has 33 heavy (non-hydrogen) atoms. The van der Waals surface area contributed by atoms with Crippen molar-refractivity contribution in [2.45, 2.75) is 24.2 Å². The molecule has 1 aliphatic rings. The Morgan fingerprint density at radius 2 is 1.70 bits per heavy atom. The van der Waals surface area contributed by atoms with Gasteiger partial charge in [0.1, 0.15) is 24.7 Å². The highest BCUT2D eigenvalue weighted by Gasteiger charge is 2.37. The first kappa shape index (κ1) is 23.1. The number of hydrogen-bond acceptors (Lipinski definition) is 3. The third kappa shape index (κ3) is 5.15. The van der Waals surface area contributed by atoms with Crippen LogP contribution in [0.2, 0.25) is 0 Å². The van der Waals surface area contributed by atoms with E-state index >= 15 is 0 Å². The summed E-state index contributed by atoms with van der Waals surface area (Å²) < 4.78 is 46.9. The number of nitrogens with zero attached hydrogens (tertiary/aromatic N) is 2. The van der Waals surface area contributed by atoms with Gasteiger partial charge in [0.15, 0.2) is 5.69 Å². The molecule has 0 saturated heterocycles. The van der Waals surface area contributed by atoms with Crippen molar-refractivity contribution in [3.05, 3.63) is 94.8 Å². The third-order valence-corrected chi connectivity index (χ3v) is 5.86. The van der Waals surface area contributed by atoms with Crippen LogP contribution >= 0.6 is 23.2 Å². The first-order chi connectivity index (χ1) is 15.8. The first-order valence-electron chi connectivity index (χ1n) is 9.88. The molecule has 2 unspecified atom stereocenters. The molecule has 2 atom stereocenters. The van der Waals surface area contributed by atoms with Gasteiger partial charge in [-0.3, -0.25) is 9.48 Å². The minimum Gasteiger partial charge on any atom is -0.487 e. The molecule has 0 aliphatic heterocycles. The van der Waals surface area contributed by atoms with Crippen molar-refractivity contribution < 1.29 is 22.7 Å². The predicted octanol–water partition coefficient (Wildman–Crippen LogP) is 6.80. The second-order valence-corrected chi connectivity index (χ2v) is 8.28. The van der Waals surface area contributed by atoms with Gasteiger partial charge < -0.3 is 4.74 Å². The molecular weight excluding hydrogens is 476 g/mol. The average Bonchev–Trinajstić information content (AvgIpc) is 3.22. The Hall–Kier alpha value is -3.03. The molecule has 0 N–H and O–H groups in total.